The number of nitrogens with zero attached hydrogens (tertiary/aromatic N) is 6. The molecule has 9 heteroatoms. The molecule has 0 bridgehead atoms. The van der Waals surface area contributed by atoms with E-state index in [2.05, 4.69) is 20.4 Å². The Labute approximate surface area is 176 Å². The first kappa shape index (κ1) is 21.1. The van der Waals surface area contributed by atoms with Crippen molar-refractivity contribution in [3.63, 3.8) is 0 Å². The molecular formula is C18H26IN7O. The molecule has 0 radical (unpaired) electrons. The molecule has 8 nitrogen and oxygen atoms in total. The van der Waals surface area contributed by atoms with Crippen LogP contribution in [0.1, 0.15) is 18.2 Å². The molecule has 27 heavy (non-hydrogen) atoms. The SMILES string of the molecule is CCNC(=NCc1ccc(C)nc1)N1CCN(c2cnn(C)c2)C(=O)C1.I. The molecule has 0 spiro atoms. The molecule has 0 atom stereocenters. The topological polar surface area (TPSA) is 78.7 Å². The quantitative estimate of drug-likeness (QED) is 0.406. The number of carbonyl (C=O) groups excluding carboxylic acids is 1. The van der Waals surface area contributed by atoms with Crippen LogP contribution < -0.4 is 10.2 Å². The Hall–Kier alpha value is -2.17. The van der Waals surface area contributed by atoms with Crippen molar-refractivity contribution >= 4 is 41.5 Å². The van der Waals surface area contributed by atoms with Gasteiger partial charge in [-0.05, 0) is 25.5 Å². The Bertz CT molecular complexity index is 787. The van der Waals surface area contributed by atoms with Crippen LogP contribution in [0, 0.1) is 6.92 Å². The van der Waals surface area contributed by atoms with Crippen LogP contribution in [-0.4, -0.2) is 57.7 Å². The second kappa shape index (κ2) is 9.67. The third-order valence-corrected chi connectivity index (χ3v) is 4.24. The zero-order chi connectivity index (χ0) is 18.5. The van der Waals surface area contributed by atoms with Crippen LogP contribution in [0.5, 0.6) is 0 Å². The number of aromatic nitrogens is 3. The van der Waals surface area contributed by atoms with Crippen LogP contribution in [-0.2, 0) is 18.4 Å². The molecule has 0 saturated carbocycles. The number of pyridine rings is 1. The number of guanidine groups is 1. The first-order valence-corrected chi connectivity index (χ1v) is 8.80. The Morgan fingerprint density at radius 3 is 2.70 bits per heavy atom. The van der Waals surface area contributed by atoms with Gasteiger partial charge in [-0.3, -0.25) is 14.5 Å². The van der Waals surface area contributed by atoms with Crippen molar-refractivity contribution < 1.29 is 4.79 Å². The summed E-state index contributed by atoms with van der Waals surface area (Å²) in [5, 5.41) is 7.43. The van der Waals surface area contributed by atoms with Gasteiger partial charge < -0.3 is 15.1 Å². The lowest BCUT2D eigenvalue weighted by molar-refractivity contribution is -0.120. The van der Waals surface area contributed by atoms with Gasteiger partial charge in [-0.2, -0.15) is 5.10 Å². The van der Waals surface area contributed by atoms with Gasteiger partial charge in [-0.15, -0.1) is 24.0 Å². The molecule has 2 aromatic heterocycles. The van der Waals surface area contributed by atoms with Gasteiger partial charge in [0.15, 0.2) is 5.96 Å². The van der Waals surface area contributed by atoms with E-state index in [1.807, 2.05) is 50.3 Å². The van der Waals surface area contributed by atoms with Gasteiger partial charge in [-0.1, -0.05) is 6.07 Å². The summed E-state index contributed by atoms with van der Waals surface area (Å²) < 4.78 is 1.70. The standard InChI is InChI=1S/C18H25N7O.HI/c1-4-19-18(21-10-15-6-5-14(2)20-9-15)24-7-8-25(17(26)13-24)16-11-22-23(3)12-16;/h5-6,9,11-12H,4,7-8,10,13H2,1-3H3,(H,19,21);1H. The summed E-state index contributed by atoms with van der Waals surface area (Å²) in [6.45, 7) is 6.91. The lowest BCUT2D eigenvalue weighted by atomic mass is 10.2. The number of anilines is 1. The van der Waals surface area contributed by atoms with Crippen LogP contribution in [0.25, 0.3) is 0 Å². The highest BCUT2D eigenvalue weighted by Crippen LogP contribution is 2.16. The maximum Gasteiger partial charge on any atom is 0.246 e. The summed E-state index contributed by atoms with van der Waals surface area (Å²) in [4.78, 5) is 25.3. The molecule has 0 unspecified atom stereocenters. The number of halogens is 1. The van der Waals surface area contributed by atoms with E-state index in [1.165, 1.54) is 0 Å². The van der Waals surface area contributed by atoms with Crippen LogP contribution in [0.3, 0.4) is 0 Å². The van der Waals surface area contributed by atoms with Crippen molar-refractivity contribution in [1.82, 2.24) is 25.0 Å². The van der Waals surface area contributed by atoms with Gasteiger partial charge in [-0.25, -0.2) is 4.99 Å². The zero-order valence-corrected chi connectivity index (χ0v) is 18.3. The predicted molar refractivity (Wildman–Crippen MR) is 116 cm³/mol. The van der Waals surface area contributed by atoms with E-state index in [1.54, 1.807) is 15.8 Å². The zero-order valence-electron chi connectivity index (χ0n) is 15.9. The van der Waals surface area contributed by atoms with E-state index < -0.39 is 0 Å². The number of amides is 1. The fourth-order valence-corrected chi connectivity index (χ4v) is 2.86. The van der Waals surface area contributed by atoms with Crippen LogP contribution in [0.2, 0.25) is 0 Å². The number of nitrogens with one attached hydrogen (secondary N) is 1. The predicted octanol–water partition coefficient (Wildman–Crippen LogP) is 1.56. The monoisotopic (exact) mass is 483 g/mol. The van der Waals surface area contributed by atoms with Gasteiger partial charge in [0.1, 0.15) is 6.54 Å². The maximum absolute atomic E-state index is 12.6. The lowest BCUT2D eigenvalue weighted by Crippen LogP contribution is -2.55. The van der Waals surface area contributed by atoms with Crippen molar-refractivity contribution in [2.75, 3.05) is 31.1 Å². The van der Waals surface area contributed by atoms with Crippen molar-refractivity contribution in [1.29, 1.82) is 0 Å². The van der Waals surface area contributed by atoms with Crippen molar-refractivity contribution in [3.8, 4) is 0 Å². The van der Waals surface area contributed by atoms with Gasteiger partial charge in [0.25, 0.3) is 0 Å². The summed E-state index contributed by atoms with van der Waals surface area (Å²) >= 11 is 0. The van der Waals surface area contributed by atoms with Crippen molar-refractivity contribution in [3.05, 3.63) is 42.0 Å². The summed E-state index contributed by atoms with van der Waals surface area (Å²) in [6, 6.07) is 4.01. The first-order valence-electron chi connectivity index (χ1n) is 8.80. The average Bonchev–Trinajstić information content (AvgIpc) is 3.06. The molecular weight excluding hydrogens is 457 g/mol. The summed E-state index contributed by atoms with van der Waals surface area (Å²) in [5.41, 5.74) is 2.87. The van der Waals surface area contributed by atoms with Crippen molar-refractivity contribution in [2.45, 2.75) is 20.4 Å². The van der Waals surface area contributed by atoms with Crippen LogP contribution in [0.15, 0.2) is 35.7 Å². The second-order valence-corrected chi connectivity index (χ2v) is 6.32. The lowest BCUT2D eigenvalue weighted by Gasteiger charge is -2.35. The van der Waals surface area contributed by atoms with Gasteiger partial charge in [0.05, 0.1) is 18.4 Å². The van der Waals surface area contributed by atoms with E-state index in [0.717, 1.165) is 36.0 Å². The molecule has 3 heterocycles. The minimum absolute atomic E-state index is 0. The Balaban J connectivity index is 0.00000261. The maximum atomic E-state index is 12.6. The second-order valence-electron chi connectivity index (χ2n) is 6.32. The summed E-state index contributed by atoms with van der Waals surface area (Å²) in [5.74, 6) is 0.805. The molecule has 2 aromatic rings. The molecule has 1 aliphatic heterocycles. The van der Waals surface area contributed by atoms with E-state index >= 15 is 0 Å². The Morgan fingerprint density at radius 1 is 1.30 bits per heavy atom. The summed E-state index contributed by atoms with van der Waals surface area (Å²) in [6.07, 6.45) is 5.42. The van der Waals surface area contributed by atoms with E-state index in [0.29, 0.717) is 19.6 Å². The number of carbonyl (C=O) groups is 1. The third-order valence-electron chi connectivity index (χ3n) is 4.24. The third kappa shape index (κ3) is 5.41. The minimum Gasteiger partial charge on any atom is -0.356 e. The Morgan fingerprint density at radius 2 is 2.11 bits per heavy atom. The molecule has 146 valence electrons. The van der Waals surface area contributed by atoms with E-state index in [9.17, 15) is 4.79 Å². The highest BCUT2D eigenvalue weighted by atomic mass is 127. The van der Waals surface area contributed by atoms with Gasteiger partial charge in [0, 0.05) is 44.8 Å². The van der Waals surface area contributed by atoms with Crippen LogP contribution in [0.4, 0.5) is 5.69 Å². The normalized spacial score (nSPS) is 14.9. The number of piperazine rings is 1. The Kier molecular flexibility index (Phi) is 7.57. The molecule has 1 aliphatic rings. The van der Waals surface area contributed by atoms with E-state index in [4.69, 9.17) is 0 Å². The number of hydrogen-bond donors (Lipinski definition) is 1. The van der Waals surface area contributed by atoms with Crippen LogP contribution >= 0.6 is 24.0 Å². The number of hydrogen-bond acceptors (Lipinski definition) is 4. The number of aryl methyl sites for hydroxylation is 2. The average molecular weight is 483 g/mol. The number of rotatable bonds is 4. The molecule has 1 fully saturated rings. The molecule has 1 saturated heterocycles. The highest BCUT2D eigenvalue weighted by Gasteiger charge is 2.27. The van der Waals surface area contributed by atoms with Gasteiger partial charge >= 0.3 is 0 Å². The first-order chi connectivity index (χ1) is 12.6. The van der Waals surface area contributed by atoms with E-state index in [-0.39, 0.29) is 29.9 Å². The largest absolute Gasteiger partial charge is 0.356 e. The fraction of sp³-hybridized carbons (Fsp3) is 0.444. The molecule has 3 rings (SSSR count). The molecule has 1 amide bonds. The molecule has 0 aliphatic carbocycles. The van der Waals surface area contributed by atoms with Crippen molar-refractivity contribution in [2.24, 2.45) is 12.0 Å². The minimum atomic E-state index is 0. The smallest absolute Gasteiger partial charge is 0.246 e. The summed E-state index contributed by atoms with van der Waals surface area (Å²) in [7, 11) is 1.85. The van der Waals surface area contributed by atoms with Gasteiger partial charge in [0.2, 0.25) is 5.91 Å². The molecule has 0 aromatic carbocycles. The number of aliphatic imine (C=N–C) groups is 1. The molecule has 1 N–H and O–H groups in total. The highest BCUT2D eigenvalue weighted by molar-refractivity contribution is 14.0. The fourth-order valence-electron chi connectivity index (χ4n) is 2.86.